The van der Waals surface area contributed by atoms with Crippen molar-refractivity contribution < 1.29 is 14.3 Å². The van der Waals surface area contributed by atoms with Gasteiger partial charge in [0.2, 0.25) is 5.91 Å². The topological polar surface area (TPSA) is 72.6 Å². The number of rotatable bonds is 7. The van der Waals surface area contributed by atoms with Gasteiger partial charge in [0.15, 0.2) is 0 Å². The summed E-state index contributed by atoms with van der Waals surface area (Å²) in [5.41, 5.74) is 5.65. The molecule has 0 saturated carbocycles. The van der Waals surface area contributed by atoms with Gasteiger partial charge in [0.1, 0.15) is 6.54 Å². The zero-order valence-electron chi connectivity index (χ0n) is 13.3. The van der Waals surface area contributed by atoms with Crippen molar-refractivity contribution in [3.8, 4) is 0 Å². The van der Waals surface area contributed by atoms with Gasteiger partial charge in [-0.15, -0.1) is 12.4 Å². The van der Waals surface area contributed by atoms with Crippen molar-refractivity contribution in [3.05, 3.63) is 0 Å². The summed E-state index contributed by atoms with van der Waals surface area (Å²) in [5.74, 6) is -0.568. The first-order chi connectivity index (χ1) is 8.73. The number of nitrogens with two attached hydrogens (primary N) is 1. The molecule has 0 heterocycles. The number of amides is 1. The highest BCUT2D eigenvalue weighted by Gasteiger charge is 2.31. The number of carbonyl (C=O) groups is 2. The van der Waals surface area contributed by atoms with Gasteiger partial charge in [0.25, 0.3) is 0 Å². The van der Waals surface area contributed by atoms with Crippen LogP contribution >= 0.6 is 12.4 Å². The Balaban J connectivity index is 0. The number of ether oxygens (including phenoxy) is 1. The molecular weight excluding hydrogens is 280 g/mol. The number of unbranched alkanes of at least 4 members (excludes halogenated alkanes) is 1. The van der Waals surface area contributed by atoms with Crippen LogP contribution in [-0.4, -0.2) is 42.5 Å². The van der Waals surface area contributed by atoms with Crippen LogP contribution in [0.4, 0.5) is 0 Å². The van der Waals surface area contributed by atoms with Crippen molar-refractivity contribution in [1.82, 2.24) is 4.90 Å². The van der Waals surface area contributed by atoms with E-state index in [1.54, 1.807) is 6.92 Å². The van der Waals surface area contributed by atoms with E-state index < -0.39 is 6.04 Å². The molecule has 0 bridgehead atoms. The Labute approximate surface area is 128 Å². The fourth-order valence-corrected chi connectivity index (χ4v) is 1.55. The van der Waals surface area contributed by atoms with Crippen molar-refractivity contribution in [1.29, 1.82) is 0 Å². The maximum atomic E-state index is 12.3. The number of carbonyl (C=O) groups excluding carboxylic acids is 2. The van der Waals surface area contributed by atoms with Crippen LogP contribution in [0.25, 0.3) is 0 Å². The third-order valence-electron chi connectivity index (χ3n) is 2.92. The normalized spacial score (nSPS) is 12.3. The van der Waals surface area contributed by atoms with Gasteiger partial charge >= 0.3 is 5.97 Å². The SMILES string of the molecule is CCCCN(CC(=O)OCC)C(=O)C(N)C(C)(C)C.Cl. The lowest BCUT2D eigenvalue weighted by Gasteiger charge is -2.31. The molecule has 1 amide bonds. The molecular formula is C14H29ClN2O3. The quantitative estimate of drug-likeness (QED) is 0.730. The van der Waals surface area contributed by atoms with Crippen LogP contribution in [0, 0.1) is 5.41 Å². The van der Waals surface area contributed by atoms with E-state index in [1.807, 2.05) is 27.7 Å². The fraction of sp³-hybridized carbons (Fsp3) is 0.857. The second-order valence-electron chi connectivity index (χ2n) is 5.76. The molecule has 0 aromatic rings. The van der Waals surface area contributed by atoms with Crippen LogP contribution in [0.3, 0.4) is 0 Å². The molecule has 0 saturated heterocycles. The molecule has 5 nitrogen and oxygen atoms in total. The van der Waals surface area contributed by atoms with E-state index in [0.717, 1.165) is 12.8 Å². The van der Waals surface area contributed by atoms with E-state index in [0.29, 0.717) is 13.2 Å². The molecule has 120 valence electrons. The average molecular weight is 309 g/mol. The molecule has 0 aliphatic rings. The van der Waals surface area contributed by atoms with E-state index >= 15 is 0 Å². The first kappa shape index (κ1) is 21.5. The summed E-state index contributed by atoms with van der Waals surface area (Å²) in [6, 6.07) is -0.612. The predicted molar refractivity (Wildman–Crippen MR) is 82.8 cm³/mol. The van der Waals surface area contributed by atoms with E-state index in [9.17, 15) is 9.59 Å². The van der Waals surface area contributed by atoms with Crippen molar-refractivity contribution in [2.75, 3.05) is 19.7 Å². The molecule has 0 spiro atoms. The van der Waals surface area contributed by atoms with Crippen LogP contribution in [0.1, 0.15) is 47.5 Å². The maximum Gasteiger partial charge on any atom is 0.325 e. The van der Waals surface area contributed by atoms with Gasteiger partial charge in [-0.1, -0.05) is 34.1 Å². The van der Waals surface area contributed by atoms with Crippen molar-refractivity contribution >= 4 is 24.3 Å². The van der Waals surface area contributed by atoms with E-state index in [4.69, 9.17) is 10.5 Å². The highest BCUT2D eigenvalue weighted by molar-refractivity contribution is 5.86. The molecule has 0 aliphatic heterocycles. The minimum Gasteiger partial charge on any atom is -0.465 e. The first-order valence-corrected chi connectivity index (χ1v) is 6.94. The van der Waals surface area contributed by atoms with Crippen LogP contribution in [0.2, 0.25) is 0 Å². The molecule has 1 unspecified atom stereocenters. The van der Waals surface area contributed by atoms with Crippen molar-refractivity contribution in [2.45, 2.75) is 53.5 Å². The minimum absolute atomic E-state index is 0. The first-order valence-electron chi connectivity index (χ1n) is 6.94. The Bertz CT molecular complexity index is 303. The number of hydrogen-bond acceptors (Lipinski definition) is 4. The lowest BCUT2D eigenvalue weighted by molar-refractivity contribution is -0.150. The highest BCUT2D eigenvalue weighted by atomic mass is 35.5. The van der Waals surface area contributed by atoms with E-state index in [1.165, 1.54) is 4.90 Å². The van der Waals surface area contributed by atoms with Crippen molar-refractivity contribution in [3.63, 3.8) is 0 Å². The fourth-order valence-electron chi connectivity index (χ4n) is 1.55. The lowest BCUT2D eigenvalue weighted by Crippen LogP contribution is -2.52. The summed E-state index contributed by atoms with van der Waals surface area (Å²) in [6.07, 6.45) is 1.80. The van der Waals surface area contributed by atoms with Crippen molar-refractivity contribution in [2.24, 2.45) is 11.1 Å². The molecule has 0 aromatic carbocycles. The van der Waals surface area contributed by atoms with Crippen LogP contribution < -0.4 is 5.73 Å². The highest BCUT2D eigenvalue weighted by Crippen LogP contribution is 2.19. The van der Waals surface area contributed by atoms with Gasteiger partial charge < -0.3 is 15.4 Å². The molecule has 0 aromatic heterocycles. The molecule has 0 rings (SSSR count). The molecule has 0 aliphatic carbocycles. The second-order valence-corrected chi connectivity index (χ2v) is 5.76. The average Bonchev–Trinajstić information content (AvgIpc) is 2.31. The summed E-state index contributed by atoms with van der Waals surface area (Å²) in [5, 5.41) is 0. The minimum atomic E-state index is -0.612. The standard InChI is InChI=1S/C14H28N2O3.ClH/c1-6-8-9-16(10-11(17)19-7-2)13(18)12(15)14(3,4)5;/h12H,6-10,15H2,1-5H3;1H. The van der Waals surface area contributed by atoms with E-state index in [2.05, 4.69) is 0 Å². The van der Waals surface area contributed by atoms with Gasteiger partial charge in [-0.2, -0.15) is 0 Å². The summed E-state index contributed by atoms with van der Waals surface area (Å²) in [7, 11) is 0. The van der Waals surface area contributed by atoms with Crippen LogP contribution in [0.15, 0.2) is 0 Å². The zero-order valence-corrected chi connectivity index (χ0v) is 14.1. The molecule has 0 fully saturated rings. The third kappa shape index (κ3) is 7.70. The summed E-state index contributed by atoms with van der Waals surface area (Å²) in [6.45, 7) is 10.4. The van der Waals surface area contributed by atoms with Gasteiger partial charge in [0, 0.05) is 6.54 Å². The Hall–Kier alpha value is -0.810. The smallest absolute Gasteiger partial charge is 0.325 e. The predicted octanol–water partition coefficient (Wildman–Crippen LogP) is 1.97. The summed E-state index contributed by atoms with van der Waals surface area (Å²) in [4.78, 5) is 25.4. The van der Waals surface area contributed by atoms with Gasteiger partial charge in [-0.3, -0.25) is 9.59 Å². The molecule has 0 radical (unpaired) electrons. The zero-order chi connectivity index (χ0) is 15.1. The number of halogens is 1. The molecule has 1 atom stereocenters. The Morgan fingerprint density at radius 3 is 2.20 bits per heavy atom. The van der Waals surface area contributed by atoms with E-state index in [-0.39, 0.29) is 36.2 Å². The van der Waals surface area contributed by atoms with Gasteiger partial charge in [-0.25, -0.2) is 0 Å². The largest absolute Gasteiger partial charge is 0.465 e. The Morgan fingerprint density at radius 1 is 1.25 bits per heavy atom. The van der Waals surface area contributed by atoms with Gasteiger partial charge in [-0.05, 0) is 18.8 Å². The maximum absolute atomic E-state index is 12.3. The summed E-state index contributed by atoms with van der Waals surface area (Å²) >= 11 is 0. The number of esters is 1. The number of nitrogens with zero attached hydrogens (tertiary/aromatic N) is 1. The second kappa shape index (κ2) is 10.00. The number of hydrogen-bond donors (Lipinski definition) is 1. The molecule has 2 N–H and O–H groups in total. The lowest BCUT2D eigenvalue weighted by atomic mass is 9.86. The van der Waals surface area contributed by atoms with Crippen LogP contribution in [0.5, 0.6) is 0 Å². The monoisotopic (exact) mass is 308 g/mol. The Morgan fingerprint density at radius 2 is 1.80 bits per heavy atom. The Kier molecular flexibility index (Phi) is 10.7. The third-order valence-corrected chi connectivity index (χ3v) is 2.92. The van der Waals surface area contributed by atoms with Gasteiger partial charge in [0.05, 0.1) is 12.6 Å². The molecule has 20 heavy (non-hydrogen) atoms. The van der Waals surface area contributed by atoms with Crippen LogP contribution in [-0.2, 0) is 14.3 Å². The molecule has 6 heteroatoms. The summed E-state index contributed by atoms with van der Waals surface area (Å²) < 4.78 is 4.89.